The predicted octanol–water partition coefficient (Wildman–Crippen LogP) is 2.52. The topological polar surface area (TPSA) is 200 Å². The number of carboxylic acids is 2. The second-order valence-corrected chi connectivity index (χ2v) is 11.3. The van der Waals surface area contributed by atoms with E-state index in [2.05, 4.69) is 10.0 Å². The maximum absolute atomic E-state index is 13.5. The molecule has 0 aromatic heterocycles. The van der Waals surface area contributed by atoms with Crippen LogP contribution in [0.4, 0.5) is 0 Å². The van der Waals surface area contributed by atoms with E-state index >= 15 is 0 Å². The van der Waals surface area contributed by atoms with E-state index in [0.29, 0.717) is 22.1 Å². The van der Waals surface area contributed by atoms with Crippen LogP contribution in [0.25, 0.3) is 10.8 Å². The van der Waals surface area contributed by atoms with Crippen molar-refractivity contribution in [1.82, 2.24) is 10.0 Å². The van der Waals surface area contributed by atoms with Gasteiger partial charge in [-0.2, -0.15) is 4.72 Å². The zero-order chi connectivity index (χ0) is 30.4. The lowest BCUT2D eigenvalue weighted by Crippen LogP contribution is -2.53. The van der Waals surface area contributed by atoms with Crippen LogP contribution >= 0.6 is 0 Å². The van der Waals surface area contributed by atoms with Crippen molar-refractivity contribution >= 4 is 44.5 Å². The number of nitrogen functional groups attached to an aromatic ring is 1. The Kier molecular flexibility index (Phi) is 8.99. The fraction of sp³-hybridized carbons (Fsp3) is 0.133. The van der Waals surface area contributed by atoms with Crippen LogP contribution in [0, 0.1) is 5.41 Å². The first kappa shape index (κ1) is 29.9. The molecule has 4 aromatic rings. The molecule has 0 saturated carbocycles. The summed E-state index contributed by atoms with van der Waals surface area (Å²) >= 11 is 0. The van der Waals surface area contributed by atoms with Gasteiger partial charge in [0.2, 0.25) is 15.9 Å². The number of carbonyl (C=O) groups excluding carboxylic acids is 1. The lowest BCUT2D eigenvalue weighted by molar-refractivity contribution is -0.142. The molecular weight excluding hydrogens is 560 g/mol. The second-order valence-electron chi connectivity index (χ2n) is 9.61. The van der Waals surface area contributed by atoms with Gasteiger partial charge in [0.05, 0.1) is 10.5 Å². The minimum atomic E-state index is -4.26. The van der Waals surface area contributed by atoms with Crippen LogP contribution in [0.3, 0.4) is 0 Å². The Morgan fingerprint density at radius 3 is 1.98 bits per heavy atom. The van der Waals surface area contributed by atoms with Crippen molar-refractivity contribution in [3.63, 3.8) is 0 Å². The number of nitrogens with two attached hydrogens (primary N) is 1. The maximum atomic E-state index is 13.5. The summed E-state index contributed by atoms with van der Waals surface area (Å²) in [5.41, 5.74) is 6.74. The van der Waals surface area contributed by atoms with Crippen LogP contribution in [-0.2, 0) is 32.5 Å². The van der Waals surface area contributed by atoms with Crippen molar-refractivity contribution in [2.75, 3.05) is 0 Å². The number of hydrogen-bond acceptors (Lipinski definition) is 6. The SMILES string of the molecule is N=C(N)c1cccc(C[C@H](NS(=O)(=O)c2ccc3ccccc3c2)C(=O)N[C@@H](Cc2cccc(C(=O)O)c2)C(=O)O)c1. The summed E-state index contributed by atoms with van der Waals surface area (Å²) < 4.78 is 29.3. The van der Waals surface area contributed by atoms with Crippen LogP contribution in [0.1, 0.15) is 27.0 Å². The van der Waals surface area contributed by atoms with E-state index in [1.54, 1.807) is 42.5 Å². The average Bonchev–Trinajstić information content (AvgIpc) is 2.96. The third-order valence-electron chi connectivity index (χ3n) is 6.55. The van der Waals surface area contributed by atoms with Crippen LogP contribution < -0.4 is 15.8 Å². The monoisotopic (exact) mass is 588 g/mol. The van der Waals surface area contributed by atoms with Gasteiger partial charge in [0, 0.05) is 12.0 Å². The molecule has 4 rings (SSSR count). The highest BCUT2D eigenvalue weighted by molar-refractivity contribution is 7.89. The van der Waals surface area contributed by atoms with Gasteiger partial charge in [0.15, 0.2) is 0 Å². The molecule has 0 unspecified atom stereocenters. The number of rotatable bonds is 12. The number of benzene rings is 4. The fourth-order valence-electron chi connectivity index (χ4n) is 4.42. The minimum absolute atomic E-state index is 0.0469. The van der Waals surface area contributed by atoms with Crippen molar-refractivity contribution in [2.24, 2.45) is 5.73 Å². The quantitative estimate of drug-likeness (QED) is 0.107. The van der Waals surface area contributed by atoms with Gasteiger partial charge < -0.3 is 21.3 Å². The standard InChI is InChI=1S/C30H28N4O7S/c31-27(32)22-9-3-5-18(13-22)15-25(34-42(40,41)24-12-11-20-7-1-2-8-21(20)17-24)28(35)33-26(30(38)39)16-19-6-4-10-23(14-19)29(36)37/h1-14,17,25-26,34H,15-16H2,(H3,31,32)(H,33,35)(H,36,37)(H,38,39)/t25-,26-/m0/s1. The number of nitrogens with one attached hydrogen (secondary N) is 3. The first-order valence-electron chi connectivity index (χ1n) is 12.7. The van der Waals surface area contributed by atoms with Gasteiger partial charge in [-0.1, -0.05) is 60.7 Å². The molecule has 0 spiro atoms. The molecule has 216 valence electrons. The van der Waals surface area contributed by atoms with Gasteiger partial charge in [-0.15, -0.1) is 0 Å². The third-order valence-corrected chi connectivity index (χ3v) is 8.02. The van der Waals surface area contributed by atoms with Crippen LogP contribution in [0.15, 0.2) is 95.9 Å². The normalized spacial score (nSPS) is 12.8. The Hall–Kier alpha value is -5.07. The summed E-state index contributed by atoms with van der Waals surface area (Å²) in [5.74, 6) is -3.71. The second kappa shape index (κ2) is 12.6. The van der Waals surface area contributed by atoms with Crippen molar-refractivity contribution in [3.05, 3.63) is 113 Å². The molecule has 2 atom stereocenters. The molecule has 42 heavy (non-hydrogen) atoms. The molecule has 0 aliphatic carbocycles. The number of amides is 1. The zero-order valence-corrected chi connectivity index (χ0v) is 23.0. The van der Waals surface area contributed by atoms with Gasteiger partial charge in [0.25, 0.3) is 0 Å². The molecule has 1 amide bonds. The smallest absolute Gasteiger partial charge is 0.335 e. The van der Waals surface area contributed by atoms with E-state index in [0.717, 1.165) is 5.39 Å². The zero-order valence-electron chi connectivity index (χ0n) is 22.2. The number of carbonyl (C=O) groups is 3. The van der Waals surface area contributed by atoms with Crippen LogP contribution in [0.5, 0.6) is 0 Å². The minimum Gasteiger partial charge on any atom is -0.480 e. The summed E-state index contributed by atoms with van der Waals surface area (Å²) in [6, 6.07) is 20.8. The van der Waals surface area contributed by atoms with E-state index in [1.165, 1.54) is 36.4 Å². The third kappa shape index (κ3) is 7.36. The Labute approximate surface area is 241 Å². The van der Waals surface area contributed by atoms with Crippen molar-refractivity contribution in [2.45, 2.75) is 29.8 Å². The van der Waals surface area contributed by atoms with E-state index in [4.69, 9.17) is 11.1 Å². The molecule has 0 aliphatic heterocycles. The van der Waals surface area contributed by atoms with Crippen molar-refractivity contribution < 1.29 is 33.0 Å². The predicted molar refractivity (Wildman–Crippen MR) is 156 cm³/mol. The molecule has 0 heterocycles. The van der Waals surface area contributed by atoms with Crippen LogP contribution in [-0.4, -0.2) is 54.4 Å². The number of hydrogen-bond donors (Lipinski definition) is 6. The molecule has 11 nitrogen and oxygen atoms in total. The maximum Gasteiger partial charge on any atom is 0.335 e. The van der Waals surface area contributed by atoms with E-state index < -0.39 is 40.0 Å². The molecule has 7 N–H and O–H groups in total. The molecule has 0 bridgehead atoms. The first-order valence-corrected chi connectivity index (χ1v) is 14.2. The molecule has 4 aromatic carbocycles. The Bertz CT molecular complexity index is 1790. The Morgan fingerprint density at radius 1 is 0.762 bits per heavy atom. The highest BCUT2D eigenvalue weighted by atomic mass is 32.2. The van der Waals surface area contributed by atoms with E-state index in [9.17, 15) is 33.0 Å². The summed E-state index contributed by atoms with van der Waals surface area (Å²) in [6.45, 7) is 0. The number of fused-ring (bicyclic) bond motifs is 1. The van der Waals surface area contributed by atoms with Crippen molar-refractivity contribution in [3.8, 4) is 0 Å². The Balaban J connectivity index is 1.64. The number of carboxylic acid groups (broad SMARTS) is 2. The van der Waals surface area contributed by atoms with Crippen molar-refractivity contribution in [1.29, 1.82) is 5.41 Å². The summed E-state index contributed by atoms with van der Waals surface area (Å²) in [4.78, 5) is 36.8. The highest BCUT2D eigenvalue weighted by Crippen LogP contribution is 2.20. The summed E-state index contributed by atoms with van der Waals surface area (Å²) in [6.07, 6.45) is -0.424. The molecular formula is C30H28N4O7S. The van der Waals surface area contributed by atoms with E-state index in [-0.39, 0.29) is 29.1 Å². The molecule has 0 saturated heterocycles. The lowest BCUT2D eigenvalue weighted by atomic mass is 10.0. The van der Waals surface area contributed by atoms with Gasteiger partial charge in [-0.05, 0) is 58.7 Å². The molecule has 0 aliphatic rings. The van der Waals surface area contributed by atoms with Gasteiger partial charge in [-0.25, -0.2) is 18.0 Å². The van der Waals surface area contributed by atoms with Gasteiger partial charge >= 0.3 is 11.9 Å². The highest BCUT2D eigenvalue weighted by Gasteiger charge is 2.30. The lowest BCUT2D eigenvalue weighted by Gasteiger charge is -2.22. The molecule has 0 fully saturated rings. The summed E-state index contributed by atoms with van der Waals surface area (Å²) in [5, 5.41) is 30.7. The number of aliphatic carboxylic acids is 1. The molecule has 12 heteroatoms. The summed E-state index contributed by atoms with van der Waals surface area (Å²) in [7, 11) is -4.26. The first-order chi connectivity index (χ1) is 19.9. The molecule has 0 radical (unpaired) electrons. The van der Waals surface area contributed by atoms with Crippen LogP contribution in [0.2, 0.25) is 0 Å². The number of aromatic carboxylic acids is 1. The fourth-order valence-corrected chi connectivity index (χ4v) is 5.65. The number of amidine groups is 1. The van der Waals surface area contributed by atoms with Gasteiger partial charge in [-0.3, -0.25) is 10.2 Å². The largest absolute Gasteiger partial charge is 0.480 e. The van der Waals surface area contributed by atoms with Gasteiger partial charge in [0.1, 0.15) is 17.9 Å². The number of sulfonamides is 1. The van der Waals surface area contributed by atoms with E-state index in [1.807, 2.05) is 12.1 Å². The Morgan fingerprint density at radius 2 is 1.36 bits per heavy atom. The average molecular weight is 589 g/mol.